The van der Waals surface area contributed by atoms with Crippen LogP contribution in [0.2, 0.25) is 5.02 Å². The molecule has 0 spiro atoms. The van der Waals surface area contributed by atoms with Crippen molar-refractivity contribution in [2.24, 2.45) is 5.10 Å². The molecule has 1 N–H and O–H groups in total. The number of hydrogen-bond acceptors (Lipinski definition) is 4. The summed E-state index contributed by atoms with van der Waals surface area (Å²) in [5, 5.41) is 7.54. The molecule has 0 atom stereocenters. The van der Waals surface area contributed by atoms with Gasteiger partial charge < -0.3 is 0 Å². The van der Waals surface area contributed by atoms with Crippen LogP contribution in [-0.2, 0) is 0 Å². The van der Waals surface area contributed by atoms with Gasteiger partial charge in [-0.15, -0.1) is 11.3 Å². The Morgan fingerprint density at radius 2 is 1.93 bits per heavy atom. The monoisotopic (exact) mass is 405 g/mol. The first-order chi connectivity index (χ1) is 13.6. The summed E-state index contributed by atoms with van der Waals surface area (Å²) < 4.78 is 0. The highest BCUT2D eigenvalue weighted by atomic mass is 35.5. The van der Waals surface area contributed by atoms with Gasteiger partial charge in [-0.2, -0.15) is 5.10 Å². The van der Waals surface area contributed by atoms with Gasteiger partial charge in [0.25, 0.3) is 5.91 Å². The fraction of sp³-hybridized carbons (Fsp3) is 0.0455. The number of carbonyl (C=O) groups is 1. The van der Waals surface area contributed by atoms with Crippen molar-refractivity contribution in [3.63, 3.8) is 0 Å². The predicted octanol–water partition coefficient (Wildman–Crippen LogP) is 5.69. The van der Waals surface area contributed by atoms with Crippen LogP contribution >= 0.6 is 22.9 Å². The number of fused-ring (bicyclic) bond motifs is 1. The second-order valence-electron chi connectivity index (χ2n) is 6.25. The highest BCUT2D eigenvalue weighted by Gasteiger charge is 2.13. The van der Waals surface area contributed by atoms with Crippen molar-refractivity contribution >= 4 is 46.0 Å². The molecule has 0 saturated heterocycles. The van der Waals surface area contributed by atoms with E-state index in [-0.39, 0.29) is 5.91 Å². The molecular weight excluding hydrogens is 390 g/mol. The third-order valence-corrected chi connectivity index (χ3v) is 5.56. The number of nitrogens with one attached hydrogen (secondary N) is 1. The summed E-state index contributed by atoms with van der Waals surface area (Å²) in [5.74, 6) is -0.278. The molecule has 0 aliphatic heterocycles. The number of aromatic nitrogens is 1. The molecule has 2 heterocycles. The maximum atomic E-state index is 12.8. The van der Waals surface area contributed by atoms with Gasteiger partial charge >= 0.3 is 0 Å². The topological polar surface area (TPSA) is 54.4 Å². The first-order valence-corrected chi connectivity index (χ1v) is 9.91. The van der Waals surface area contributed by atoms with Crippen molar-refractivity contribution in [3.8, 4) is 11.3 Å². The lowest BCUT2D eigenvalue weighted by Gasteiger charge is -2.09. The third kappa shape index (κ3) is 3.81. The number of pyridine rings is 1. The maximum Gasteiger partial charge on any atom is 0.272 e. The SMILES string of the molecule is Cc1ccsc1C=NNC(=O)c1cc(-c2ccc(Cl)cc2)nc2ccccc12. The molecule has 138 valence electrons. The average molecular weight is 406 g/mol. The van der Waals surface area contributed by atoms with Crippen LogP contribution in [-0.4, -0.2) is 17.1 Å². The maximum absolute atomic E-state index is 12.8. The van der Waals surface area contributed by atoms with Crippen molar-refractivity contribution < 1.29 is 4.79 Å². The smallest absolute Gasteiger partial charge is 0.267 e. The quantitative estimate of drug-likeness (QED) is 0.350. The summed E-state index contributed by atoms with van der Waals surface area (Å²) in [6.45, 7) is 2.01. The number of para-hydroxylation sites is 1. The molecule has 2 aromatic carbocycles. The molecule has 4 aromatic rings. The van der Waals surface area contributed by atoms with Crippen LogP contribution in [0.25, 0.3) is 22.2 Å². The van der Waals surface area contributed by atoms with E-state index in [0.717, 1.165) is 26.9 Å². The van der Waals surface area contributed by atoms with Crippen molar-refractivity contribution in [1.29, 1.82) is 0 Å². The first-order valence-electron chi connectivity index (χ1n) is 8.65. The van der Waals surface area contributed by atoms with E-state index >= 15 is 0 Å². The summed E-state index contributed by atoms with van der Waals surface area (Å²) in [6, 6.07) is 18.8. The van der Waals surface area contributed by atoms with E-state index in [2.05, 4.69) is 10.5 Å². The molecule has 0 aliphatic carbocycles. The van der Waals surface area contributed by atoms with E-state index in [0.29, 0.717) is 16.3 Å². The zero-order valence-electron chi connectivity index (χ0n) is 15.0. The molecular formula is C22H16ClN3OS. The standard InChI is InChI=1S/C22H16ClN3OS/c1-14-10-11-28-21(14)13-24-26-22(27)18-12-20(15-6-8-16(23)9-7-15)25-19-5-3-2-4-17(18)19/h2-13H,1H3,(H,26,27). The van der Waals surface area contributed by atoms with Crippen LogP contribution in [0, 0.1) is 6.92 Å². The summed E-state index contributed by atoms with van der Waals surface area (Å²) in [5.41, 5.74) is 6.63. The minimum atomic E-state index is -0.278. The molecule has 0 aliphatic rings. The van der Waals surface area contributed by atoms with Crippen LogP contribution < -0.4 is 5.43 Å². The van der Waals surface area contributed by atoms with Gasteiger partial charge in [-0.3, -0.25) is 4.79 Å². The lowest BCUT2D eigenvalue weighted by molar-refractivity contribution is 0.0956. The Balaban J connectivity index is 1.70. The van der Waals surface area contributed by atoms with E-state index in [1.165, 1.54) is 0 Å². The number of nitrogens with zero attached hydrogens (tertiary/aromatic N) is 2. The Hall–Kier alpha value is -3.02. The fourth-order valence-electron chi connectivity index (χ4n) is 2.86. The third-order valence-electron chi connectivity index (χ3n) is 4.35. The predicted molar refractivity (Wildman–Crippen MR) is 116 cm³/mol. The van der Waals surface area contributed by atoms with E-state index in [1.54, 1.807) is 35.8 Å². The Bertz CT molecular complexity index is 1180. The minimum absolute atomic E-state index is 0.278. The number of thiophene rings is 1. The Morgan fingerprint density at radius 1 is 1.14 bits per heavy atom. The van der Waals surface area contributed by atoms with Crippen LogP contribution in [0.15, 0.2) is 71.1 Å². The second-order valence-corrected chi connectivity index (χ2v) is 7.63. The Labute approximate surface area is 171 Å². The van der Waals surface area contributed by atoms with Crippen LogP contribution in [0.1, 0.15) is 20.8 Å². The molecule has 28 heavy (non-hydrogen) atoms. The molecule has 4 rings (SSSR count). The highest BCUT2D eigenvalue weighted by Crippen LogP contribution is 2.26. The lowest BCUT2D eigenvalue weighted by Crippen LogP contribution is -2.18. The average Bonchev–Trinajstić information content (AvgIpc) is 3.12. The largest absolute Gasteiger partial charge is 0.272 e. The normalized spacial score (nSPS) is 11.2. The summed E-state index contributed by atoms with van der Waals surface area (Å²) in [4.78, 5) is 18.5. The summed E-state index contributed by atoms with van der Waals surface area (Å²) in [6.07, 6.45) is 1.67. The summed E-state index contributed by atoms with van der Waals surface area (Å²) in [7, 11) is 0. The number of hydrogen-bond donors (Lipinski definition) is 1. The number of halogens is 1. The van der Waals surface area contributed by atoms with E-state index in [1.807, 2.05) is 54.8 Å². The number of hydrazone groups is 1. The van der Waals surface area contributed by atoms with Gasteiger partial charge in [0.05, 0.1) is 23.0 Å². The highest BCUT2D eigenvalue weighted by molar-refractivity contribution is 7.11. The number of benzene rings is 2. The Kier molecular flexibility index (Phi) is 5.19. The van der Waals surface area contributed by atoms with Gasteiger partial charge in [0.15, 0.2) is 0 Å². The molecule has 0 bridgehead atoms. The molecule has 4 nitrogen and oxygen atoms in total. The van der Waals surface area contributed by atoms with Crippen molar-refractivity contribution in [3.05, 3.63) is 87.1 Å². The summed E-state index contributed by atoms with van der Waals surface area (Å²) >= 11 is 7.57. The van der Waals surface area contributed by atoms with Gasteiger partial charge in [-0.25, -0.2) is 10.4 Å². The molecule has 0 saturated carbocycles. The molecule has 1 amide bonds. The van der Waals surface area contributed by atoms with Gasteiger partial charge in [0, 0.05) is 20.8 Å². The van der Waals surface area contributed by atoms with Crippen LogP contribution in [0.5, 0.6) is 0 Å². The fourth-order valence-corrected chi connectivity index (χ4v) is 3.77. The molecule has 0 radical (unpaired) electrons. The van der Waals surface area contributed by atoms with Crippen molar-refractivity contribution in [2.45, 2.75) is 6.92 Å². The molecule has 6 heteroatoms. The number of amides is 1. The first kappa shape index (κ1) is 18.3. The van der Waals surface area contributed by atoms with Gasteiger partial charge in [0.1, 0.15) is 0 Å². The van der Waals surface area contributed by atoms with E-state index in [9.17, 15) is 4.79 Å². The molecule has 0 unspecified atom stereocenters. The van der Waals surface area contributed by atoms with Gasteiger partial charge in [-0.1, -0.05) is 41.9 Å². The zero-order valence-corrected chi connectivity index (χ0v) is 16.6. The Morgan fingerprint density at radius 3 is 2.68 bits per heavy atom. The number of rotatable bonds is 4. The van der Waals surface area contributed by atoms with E-state index in [4.69, 9.17) is 16.6 Å². The molecule has 2 aromatic heterocycles. The van der Waals surface area contributed by atoms with Crippen molar-refractivity contribution in [1.82, 2.24) is 10.4 Å². The van der Waals surface area contributed by atoms with Crippen LogP contribution in [0.4, 0.5) is 0 Å². The second kappa shape index (κ2) is 7.92. The molecule has 0 fully saturated rings. The minimum Gasteiger partial charge on any atom is -0.267 e. The number of aryl methyl sites for hydroxylation is 1. The van der Waals surface area contributed by atoms with Crippen molar-refractivity contribution in [2.75, 3.05) is 0 Å². The zero-order chi connectivity index (χ0) is 19.5. The van der Waals surface area contributed by atoms with Gasteiger partial charge in [-0.05, 0) is 48.2 Å². The van der Waals surface area contributed by atoms with Gasteiger partial charge in [0.2, 0.25) is 0 Å². The number of carbonyl (C=O) groups excluding carboxylic acids is 1. The van der Waals surface area contributed by atoms with Crippen LogP contribution in [0.3, 0.4) is 0 Å². The van der Waals surface area contributed by atoms with E-state index < -0.39 is 0 Å². The lowest BCUT2D eigenvalue weighted by atomic mass is 10.0.